The summed E-state index contributed by atoms with van der Waals surface area (Å²) >= 11 is 3.37. The van der Waals surface area contributed by atoms with E-state index in [0.717, 1.165) is 33.7 Å². The first kappa shape index (κ1) is 13.9. The number of pyridine rings is 1. The van der Waals surface area contributed by atoms with Crippen molar-refractivity contribution in [2.24, 2.45) is 0 Å². The van der Waals surface area contributed by atoms with Crippen LogP contribution in [0.3, 0.4) is 0 Å². The number of ether oxygens (including phenoxy) is 1. The van der Waals surface area contributed by atoms with E-state index in [1.54, 1.807) is 13.3 Å². The van der Waals surface area contributed by atoms with Crippen LogP contribution < -0.4 is 10.1 Å². The summed E-state index contributed by atoms with van der Waals surface area (Å²) in [4.78, 5) is 4.29. The van der Waals surface area contributed by atoms with Crippen LogP contribution in [0.5, 0.6) is 5.75 Å². The minimum atomic E-state index is 0.750. The first-order chi connectivity index (χ1) is 9.10. The highest BCUT2D eigenvalue weighted by Gasteiger charge is 2.05. The molecule has 0 saturated heterocycles. The summed E-state index contributed by atoms with van der Waals surface area (Å²) in [6, 6.07) is 8.20. The quantitative estimate of drug-likeness (QED) is 0.921. The van der Waals surface area contributed by atoms with Crippen LogP contribution in [0.4, 0.5) is 5.82 Å². The second kappa shape index (κ2) is 6.06. The van der Waals surface area contributed by atoms with Crippen molar-refractivity contribution in [2.75, 3.05) is 12.4 Å². The van der Waals surface area contributed by atoms with Crippen molar-refractivity contribution in [2.45, 2.75) is 20.4 Å². The molecule has 0 atom stereocenters. The fraction of sp³-hybridized carbons (Fsp3) is 0.267. The van der Waals surface area contributed by atoms with Crippen LogP contribution in [0.15, 0.2) is 34.9 Å². The van der Waals surface area contributed by atoms with E-state index in [1.807, 2.05) is 12.1 Å². The zero-order valence-corrected chi connectivity index (χ0v) is 12.9. The predicted molar refractivity (Wildman–Crippen MR) is 81.7 cm³/mol. The number of methoxy groups -OCH3 is 1. The molecule has 3 nitrogen and oxygen atoms in total. The van der Waals surface area contributed by atoms with Gasteiger partial charge in [-0.05, 0) is 58.6 Å². The van der Waals surface area contributed by atoms with Gasteiger partial charge >= 0.3 is 0 Å². The van der Waals surface area contributed by atoms with Crippen LogP contribution in [0.1, 0.15) is 16.7 Å². The van der Waals surface area contributed by atoms with E-state index in [1.165, 1.54) is 5.56 Å². The molecule has 4 heteroatoms. The van der Waals surface area contributed by atoms with Crippen molar-refractivity contribution in [1.29, 1.82) is 0 Å². The third-order valence-electron chi connectivity index (χ3n) is 2.93. The molecule has 0 bridgehead atoms. The van der Waals surface area contributed by atoms with Crippen molar-refractivity contribution in [3.8, 4) is 5.75 Å². The molecule has 1 N–H and O–H groups in total. The molecule has 0 unspecified atom stereocenters. The molecule has 1 heterocycles. The Kier molecular flexibility index (Phi) is 4.43. The molecule has 1 aromatic carbocycles. The van der Waals surface area contributed by atoms with Gasteiger partial charge in [-0.1, -0.05) is 12.1 Å². The number of rotatable bonds is 4. The van der Waals surface area contributed by atoms with E-state index in [0.29, 0.717) is 0 Å². The van der Waals surface area contributed by atoms with E-state index < -0.39 is 0 Å². The van der Waals surface area contributed by atoms with Crippen LogP contribution in [-0.4, -0.2) is 12.1 Å². The Morgan fingerprint density at radius 2 is 1.89 bits per heavy atom. The van der Waals surface area contributed by atoms with Crippen LogP contribution in [0.2, 0.25) is 0 Å². The summed E-state index contributed by atoms with van der Waals surface area (Å²) in [6.45, 7) is 4.88. The molecule has 0 spiro atoms. The lowest BCUT2D eigenvalue weighted by Gasteiger charge is -2.12. The standard InChI is InChI=1S/C15H17BrN2O/c1-10-6-12(7-11(2)15(10)19-3)8-17-14-5-4-13(16)9-18-14/h4-7,9H,8H2,1-3H3,(H,17,18). The summed E-state index contributed by atoms with van der Waals surface area (Å²) in [5, 5.41) is 3.31. The Labute approximate surface area is 122 Å². The second-order valence-corrected chi connectivity index (χ2v) is 5.39. The van der Waals surface area contributed by atoms with Crippen molar-refractivity contribution >= 4 is 21.7 Å². The number of halogens is 1. The van der Waals surface area contributed by atoms with E-state index in [-0.39, 0.29) is 0 Å². The van der Waals surface area contributed by atoms with Gasteiger partial charge in [0.05, 0.1) is 7.11 Å². The lowest BCUT2D eigenvalue weighted by atomic mass is 10.1. The summed E-state index contributed by atoms with van der Waals surface area (Å²) < 4.78 is 6.35. The molecule has 0 radical (unpaired) electrons. The maximum Gasteiger partial charge on any atom is 0.126 e. The maximum absolute atomic E-state index is 5.37. The van der Waals surface area contributed by atoms with E-state index in [4.69, 9.17) is 4.74 Å². The molecule has 0 aliphatic rings. The normalized spacial score (nSPS) is 10.3. The number of nitrogens with zero attached hydrogens (tertiary/aromatic N) is 1. The van der Waals surface area contributed by atoms with Gasteiger partial charge in [0, 0.05) is 17.2 Å². The Morgan fingerprint density at radius 3 is 2.42 bits per heavy atom. The Hall–Kier alpha value is -1.55. The molecular formula is C15H17BrN2O. The highest BCUT2D eigenvalue weighted by atomic mass is 79.9. The van der Waals surface area contributed by atoms with Gasteiger partial charge < -0.3 is 10.1 Å². The van der Waals surface area contributed by atoms with Crippen molar-refractivity contribution in [3.05, 3.63) is 51.6 Å². The lowest BCUT2D eigenvalue weighted by Crippen LogP contribution is -2.02. The number of nitrogens with one attached hydrogen (secondary N) is 1. The first-order valence-electron chi connectivity index (χ1n) is 6.09. The number of aryl methyl sites for hydroxylation is 2. The van der Waals surface area contributed by atoms with Gasteiger partial charge in [0.25, 0.3) is 0 Å². The molecule has 0 amide bonds. The van der Waals surface area contributed by atoms with E-state index in [2.05, 4.69) is 52.2 Å². The molecule has 2 aromatic rings. The third-order valence-corrected chi connectivity index (χ3v) is 3.39. The smallest absolute Gasteiger partial charge is 0.126 e. The summed E-state index contributed by atoms with van der Waals surface area (Å²) in [5.74, 6) is 1.83. The first-order valence-corrected chi connectivity index (χ1v) is 6.89. The number of aromatic nitrogens is 1. The fourth-order valence-corrected chi connectivity index (χ4v) is 2.37. The fourth-order valence-electron chi connectivity index (χ4n) is 2.14. The van der Waals surface area contributed by atoms with Gasteiger partial charge in [-0.3, -0.25) is 0 Å². The zero-order chi connectivity index (χ0) is 13.8. The van der Waals surface area contributed by atoms with Crippen LogP contribution in [-0.2, 0) is 6.54 Å². The number of benzene rings is 1. The van der Waals surface area contributed by atoms with Crippen LogP contribution >= 0.6 is 15.9 Å². The van der Waals surface area contributed by atoms with Crippen molar-refractivity contribution in [3.63, 3.8) is 0 Å². The van der Waals surface area contributed by atoms with Gasteiger partial charge in [0.1, 0.15) is 11.6 Å². The molecule has 19 heavy (non-hydrogen) atoms. The summed E-state index contributed by atoms with van der Waals surface area (Å²) in [7, 11) is 1.71. The monoisotopic (exact) mass is 320 g/mol. The van der Waals surface area contributed by atoms with E-state index >= 15 is 0 Å². The van der Waals surface area contributed by atoms with Crippen molar-refractivity contribution < 1.29 is 4.74 Å². The highest BCUT2D eigenvalue weighted by molar-refractivity contribution is 9.10. The number of anilines is 1. The highest BCUT2D eigenvalue weighted by Crippen LogP contribution is 2.24. The number of hydrogen-bond donors (Lipinski definition) is 1. The minimum absolute atomic E-state index is 0.750. The molecule has 1 aromatic heterocycles. The average Bonchev–Trinajstić information content (AvgIpc) is 2.38. The van der Waals surface area contributed by atoms with Gasteiger partial charge in [0.15, 0.2) is 0 Å². The topological polar surface area (TPSA) is 34.1 Å². The van der Waals surface area contributed by atoms with Crippen LogP contribution in [0.25, 0.3) is 0 Å². The number of hydrogen-bond acceptors (Lipinski definition) is 3. The maximum atomic E-state index is 5.37. The largest absolute Gasteiger partial charge is 0.496 e. The van der Waals surface area contributed by atoms with E-state index in [9.17, 15) is 0 Å². The molecular weight excluding hydrogens is 304 g/mol. The minimum Gasteiger partial charge on any atom is -0.496 e. The molecule has 2 rings (SSSR count). The SMILES string of the molecule is COc1c(C)cc(CNc2ccc(Br)cn2)cc1C. The molecule has 0 saturated carbocycles. The third kappa shape index (κ3) is 3.47. The van der Waals surface area contributed by atoms with Crippen LogP contribution in [0, 0.1) is 13.8 Å². The van der Waals surface area contributed by atoms with Gasteiger partial charge in [0.2, 0.25) is 0 Å². The lowest BCUT2D eigenvalue weighted by molar-refractivity contribution is 0.408. The Bertz CT molecular complexity index is 544. The summed E-state index contributed by atoms with van der Waals surface area (Å²) in [5.41, 5.74) is 3.53. The Balaban J connectivity index is 2.09. The summed E-state index contributed by atoms with van der Waals surface area (Å²) in [6.07, 6.45) is 1.78. The Morgan fingerprint density at radius 1 is 1.21 bits per heavy atom. The predicted octanol–water partition coefficient (Wildman–Crippen LogP) is 4.08. The molecule has 0 aliphatic heterocycles. The molecule has 0 fully saturated rings. The molecule has 100 valence electrons. The van der Waals surface area contributed by atoms with Gasteiger partial charge in [-0.25, -0.2) is 4.98 Å². The van der Waals surface area contributed by atoms with Crippen molar-refractivity contribution in [1.82, 2.24) is 4.98 Å². The second-order valence-electron chi connectivity index (χ2n) is 4.48. The van der Waals surface area contributed by atoms with Gasteiger partial charge in [-0.15, -0.1) is 0 Å². The average molecular weight is 321 g/mol. The molecule has 0 aliphatic carbocycles. The zero-order valence-electron chi connectivity index (χ0n) is 11.3. The van der Waals surface area contributed by atoms with Gasteiger partial charge in [-0.2, -0.15) is 0 Å².